The number of aryl methyl sites for hydroxylation is 1. The van der Waals surface area contributed by atoms with Gasteiger partial charge in [0.05, 0.1) is 22.2 Å². The molecule has 3 aromatic rings. The Hall–Kier alpha value is -3.10. The Bertz CT molecular complexity index is 1080. The third kappa shape index (κ3) is 5.95. The van der Waals surface area contributed by atoms with E-state index in [1.54, 1.807) is 6.34 Å². The molecule has 0 radical (unpaired) electrons. The zero-order valence-corrected chi connectivity index (χ0v) is 19.0. The molecular formula is C25H24BrN3O. The van der Waals surface area contributed by atoms with Crippen LogP contribution in [-0.4, -0.2) is 29.8 Å². The van der Waals surface area contributed by atoms with Crippen molar-refractivity contribution in [1.82, 2.24) is 9.88 Å². The van der Waals surface area contributed by atoms with E-state index in [4.69, 9.17) is 4.74 Å². The highest BCUT2D eigenvalue weighted by atomic mass is 79.9. The van der Waals surface area contributed by atoms with E-state index in [9.17, 15) is 0 Å². The topological polar surface area (TPSA) is 37.7 Å². The average molecular weight is 462 g/mol. The number of benzene rings is 2. The highest BCUT2D eigenvalue weighted by Crippen LogP contribution is 2.30. The van der Waals surface area contributed by atoms with E-state index in [0.717, 1.165) is 39.1 Å². The Morgan fingerprint density at radius 2 is 1.83 bits per heavy atom. The summed E-state index contributed by atoms with van der Waals surface area (Å²) in [5, 5.41) is 0. The lowest BCUT2D eigenvalue weighted by molar-refractivity contribution is 0.291. The van der Waals surface area contributed by atoms with Crippen LogP contribution in [0.25, 0.3) is 0 Å². The van der Waals surface area contributed by atoms with Crippen molar-refractivity contribution in [2.45, 2.75) is 20.5 Å². The molecule has 5 heteroatoms. The molecule has 0 saturated carbocycles. The summed E-state index contributed by atoms with van der Waals surface area (Å²) in [6, 6.07) is 19.9. The number of hydrogen-bond acceptors (Lipinski definition) is 3. The van der Waals surface area contributed by atoms with Gasteiger partial charge in [0, 0.05) is 30.3 Å². The number of hydrogen-bond donors (Lipinski definition) is 0. The average Bonchev–Trinajstić information content (AvgIpc) is 2.78. The molecule has 0 saturated heterocycles. The molecule has 1 heterocycles. The van der Waals surface area contributed by atoms with Gasteiger partial charge in [-0.2, -0.15) is 0 Å². The molecule has 4 nitrogen and oxygen atoms in total. The molecule has 3 rings (SSSR count). The highest BCUT2D eigenvalue weighted by molar-refractivity contribution is 9.10. The van der Waals surface area contributed by atoms with Gasteiger partial charge in [0.1, 0.15) is 6.61 Å². The lowest BCUT2D eigenvalue weighted by Gasteiger charge is -2.12. The molecule has 0 amide bonds. The van der Waals surface area contributed by atoms with E-state index in [1.807, 2.05) is 79.5 Å². The summed E-state index contributed by atoms with van der Waals surface area (Å²) >= 11 is 3.56. The second-order valence-corrected chi connectivity index (χ2v) is 7.61. The van der Waals surface area contributed by atoms with Gasteiger partial charge in [-0.15, -0.1) is 0 Å². The minimum absolute atomic E-state index is 0.381. The minimum atomic E-state index is 0.381. The third-order valence-corrected chi connectivity index (χ3v) is 5.07. The van der Waals surface area contributed by atoms with Crippen LogP contribution in [0.3, 0.4) is 0 Å². The predicted octanol–water partition coefficient (Wildman–Crippen LogP) is 5.74. The summed E-state index contributed by atoms with van der Waals surface area (Å²) < 4.78 is 6.78. The van der Waals surface area contributed by atoms with Gasteiger partial charge in [-0.25, -0.2) is 9.98 Å². The second-order valence-electron chi connectivity index (χ2n) is 6.76. The molecule has 2 aromatic carbocycles. The number of halogens is 1. The van der Waals surface area contributed by atoms with Gasteiger partial charge in [-0.1, -0.05) is 48.2 Å². The molecule has 0 aliphatic heterocycles. The monoisotopic (exact) mass is 461 g/mol. The van der Waals surface area contributed by atoms with Crippen LogP contribution in [0.1, 0.15) is 29.3 Å². The maximum Gasteiger partial charge on any atom is 0.228 e. The molecule has 30 heavy (non-hydrogen) atoms. The number of nitrogens with zero attached hydrogens (tertiary/aromatic N) is 3. The van der Waals surface area contributed by atoms with Crippen LogP contribution in [0.5, 0.6) is 5.88 Å². The van der Waals surface area contributed by atoms with Crippen LogP contribution in [0, 0.1) is 18.8 Å². The standard InChI is InChI=1S/C25H24BrN3O/c1-4-29(3)18-27-24-16-23(26)25(28-19(24)2)30-17-22-13-9-8-12-21(22)15-14-20-10-6-5-7-11-20/h5-13,16,18H,4,17H2,1-3H3. The molecule has 0 spiro atoms. The number of rotatable bonds is 6. The number of ether oxygens (including phenoxy) is 1. The van der Waals surface area contributed by atoms with Crippen molar-refractivity contribution >= 4 is 28.0 Å². The van der Waals surface area contributed by atoms with E-state index >= 15 is 0 Å². The van der Waals surface area contributed by atoms with E-state index in [-0.39, 0.29) is 0 Å². The zero-order valence-electron chi connectivity index (χ0n) is 17.4. The van der Waals surface area contributed by atoms with Crippen molar-refractivity contribution < 1.29 is 4.74 Å². The number of pyridine rings is 1. The first-order chi connectivity index (χ1) is 14.6. The molecular weight excluding hydrogens is 438 g/mol. The van der Waals surface area contributed by atoms with Crippen LogP contribution in [0.15, 0.2) is 70.1 Å². The zero-order chi connectivity index (χ0) is 21.3. The van der Waals surface area contributed by atoms with Crippen LogP contribution >= 0.6 is 15.9 Å². The van der Waals surface area contributed by atoms with Gasteiger partial charge >= 0.3 is 0 Å². The maximum absolute atomic E-state index is 6.01. The Balaban J connectivity index is 1.76. The summed E-state index contributed by atoms with van der Waals surface area (Å²) in [6.07, 6.45) is 1.80. The van der Waals surface area contributed by atoms with Gasteiger partial charge in [-0.3, -0.25) is 0 Å². The van der Waals surface area contributed by atoms with Crippen LogP contribution in [0.4, 0.5) is 5.69 Å². The number of aliphatic imine (C=N–C) groups is 1. The lowest BCUT2D eigenvalue weighted by Crippen LogP contribution is -2.14. The van der Waals surface area contributed by atoms with Gasteiger partial charge in [0.25, 0.3) is 0 Å². The van der Waals surface area contributed by atoms with E-state index in [1.165, 1.54) is 0 Å². The Labute approximate surface area is 186 Å². The first-order valence-electron chi connectivity index (χ1n) is 9.76. The molecule has 0 aliphatic carbocycles. The Morgan fingerprint density at radius 3 is 2.60 bits per heavy atom. The molecule has 0 atom stereocenters. The maximum atomic E-state index is 6.01. The van der Waals surface area contributed by atoms with Crippen molar-refractivity contribution in [2.24, 2.45) is 4.99 Å². The van der Waals surface area contributed by atoms with Gasteiger partial charge in [0.2, 0.25) is 5.88 Å². The third-order valence-electron chi connectivity index (χ3n) is 4.50. The van der Waals surface area contributed by atoms with E-state index in [0.29, 0.717) is 12.5 Å². The van der Waals surface area contributed by atoms with Crippen LogP contribution < -0.4 is 4.74 Å². The number of aromatic nitrogens is 1. The van der Waals surface area contributed by atoms with Crippen molar-refractivity contribution in [1.29, 1.82) is 0 Å². The fourth-order valence-corrected chi connectivity index (χ4v) is 3.02. The van der Waals surface area contributed by atoms with Crippen molar-refractivity contribution in [3.8, 4) is 17.7 Å². The first kappa shape index (κ1) is 21.6. The molecule has 152 valence electrons. The predicted molar refractivity (Wildman–Crippen MR) is 126 cm³/mol. The fraction of sp³-hybridized carbons (Fsp3) is 0.200. The van der Waals surface area contributed by atoms with Crippen molar-refractivity contribution in [3.05, 3.63) is 87.5 Å². The van der Waals surface area contributed by atoms with Crippen LogP contribution in [0.2, 0.25) is 0 Å². The summed E-state index contributed by atoms with van der Waals surface area (Å²) in [4.78, 5) is 11.1. The summed E-state index contributed by atoms with van der Waals surface area (Å²) in [7, 11) is 1.98. The van der Waals surface area contributed by atoms with Gasteiger partial charge in [0.15, 0.2) is 0 Å². The normalized spacial score (nSPS) is 10.5. The minimum Gasteiger partial charge on any atom is -0.472 e. The SMILES string of the molecule is CCN(C)C=Nc1cc(Br)c(OCc2ccccc2C#Cc2ccccc2)nc1C. The van der Waals surface area contributed by atoms with Gasteiger partial charge < -0.3 is 9.64 Å². The van der Waals surface area contributed by atoms with Gasteiger partial charge in [-0.05, 0) is 54.0 Å². The first-order valence-corrected chi connectivity index (χ1v) is 10.6. The summed E-state index contributed by atoms with van der Waals surface area (Å²) in [5.41, 5.74) is 4.56. The molecule has 0 unspecified atom stereocenters. The molecule has 0 N–H and O–H groups in total. The summed E-state index contributed by atoms with van der Waals surface area (Å²) in [5.74, 6) is 7.00. The van der Waals surface area contributed by atoms with Crippen LogP contribution in [-0.2, 0) is 6.61 Å². The quantitative estimate of drug-likeness (QED) is 0.266. The lowest BCUT2D eigenvalue weighted by atomic mass is 10.1. The second kappa shape index (κ2) is 10.6. The molecule has 0 aliphatic rings. The molecule has 0 bridgehead atoms. The fourth-order valence-electron chi connectivity index (χ4n) is 2.60. The summed E-state index contributed by atoms with van der Waals surface area (Å²) in [6.45, 7) is 5.28. The van der Waals surface area contributed by atoms with E-state index < -0.39 is 0 Å². The van der Waals surface area contributed by atoms with E-state index in [2.05, 4.69) is 44.7 Å². The smallest absolute Gasteiger partial charge is 0.228 e. The molecule has 1 aromatic heterocycles. The van der Waals surface area contributed by atoms with Crippen molar-refractivity contribution in [3.63, 3.8) is 0 Å². The Morgan fingerprint density at radius 1 is 1.10 bits per heavy atom. The van der Waals surface area contributed by atoms with Crippen molar-refractivity contribution in [2.75, 3.05) is 13.6 Å². The molecule has 0 fully saturated rings. The largest absolute Gasteiger partial charge is 0.472 e. The Kier molecular flexibility index (Phi) is 7.64. The highest BCUT2D eigenvalue weighted by Gasteiger charge is 2.09.